The Bertz CT molecular complexity index is 711. The molecule has 0 radical (unpaired) electrons. The van der Waals surface area contributed by atoms with Crippen LogP contribution in [-0.4, -0.2) is 31.1 Å². The number of carboxylic acids is 1. The van der Waals surface area contributed by atoms with Crippen molar-refractivity contribution in [3.05, 3.63) is 53.9 Å². The minimum Gasteiger partial charge on any atom is -0.497 e. The average Bonchev–Trinajstić information content (AvgIpc) is 2.54. The summed E-state index contributed by atoms with van der Waals surface area (Å²) in [5, 5.41) is 8.97. The van der Waals surface area contributed by atoms with E-state index < -0.39 is 5.97 Å². The van der Waals surface area contributed by atoms with Gasteiger partial charge >= 0.3 is 5.97 Å². The summed E-state index contributed by atoms with van der Waals surface area (Å²) in [6.45, 7) is 0.0177. The number of nitrogens with zero attached hydrogens (tertiary/aromatic N) is 1. The summed E-state index contributed by atoms with van der Waals surface area (Å²) in [6.07, 6.45) is 3.05. The number of hydrogen-bond acceptors (Lipinski definition) is 4. The number of Topliss-reactive ketones (excluding diaryl/α,β-unsaturated/α-hetero) is 1. The molecule has 0 spiro atoms. The maximum Gasteiger partial charge on any atom is 0.341 e. The van der Waals surface area contributed by atoms with Crippen molar-refractivity contribution in [3.63, 3.8) is 0 Å². The van der Waals surface area contributed by atoms with Crippen molar-refractivity contribution in [1.82, 2.24) is 0 Å². The lowest BCUT2D eigenvalue weighted by Gasteiger charge is -2.08. The fourth-order valence-electron chi connectivity index (χ4n) is 2.03. The van der Waals surface area contributed by atoms with E-state index >= 15 is 0 Å². The van der Waals surface area contributed by atoms with Crippen LogP contribution in [0.15, 0.2) is 42.7 Å². The Morgan fingerprint density at radius 1 is 1.18 bits per heavy atom. The van der Waals surface area contributed by atoms with Crippen LogP contribution in [0, 0.1) is 0 Å². The second-order valence-corrected chi connectivity index (χ2v) is 4.56. The Labute approximate surface area is 127 Å². The van der Waals surface area contributed by atoms with Gasteiger partial charge in [-0.25, -0.2) is 4.79 Å². The first-order valence-corrected chi connectivity index (χ1v) is 6.52. The molecular formula is C16H16NO5+. The second-order valence-electron chi connectivity index (χ2n) is 4.56. The zero-order chi connectivity index (χ0) is 16.1. The molecule has 6 nitrogen and oxygen atoms in total. The van der Waals surface area contributed by atoms with Gasteiger partial charge in [0.1, 0.15) is 17.1 Å². The van der Waals surface area contributed by atoms with Gasteiger partial charge in [0, 0.05) is 12.1 Å². The number of carbonyl (C=O) groups is 2. The Morgan fingerprint density at radius 3 is 2.59 bits per heavy atom. The molecule has 6 heteroatoms. The number of aromatic nitrogens is 1. The zero-order valence-electron chi connectivity index (χ0n) is 12.3. The van der Waals surface area contributed by atoms with Gasteiger partial charge in [0.25, 0.3) is 0 Å². The fourth-order valence-corrected chi connectivity index (χ4v) is 2.03. The molecule has 0 saturated heterocycles. The molecule has 114 valence electrons. The van der Waals surface area contributed by atoms with Crippen LogP contribution in [0.2, 0.25) is 0 Å². The Kier molecular flexibility index (Phi) is 4.73. The van der Waals surface area contributed by atoms with Crippen molar-refractivity contribution < 1.29 is 28.7 Å². The highest BCUT2D eigenvalue weighted by molar-refractivity contribution is 5.98. The molecule has 1 aromatic carbocycles. The van der Waals surface area contributed by atoms with Crippen LogP contribution in [0.5, 0.6) is 11.5 Å². The number of aromatic carboxylic acids is 1. The molecule has 0 aliphatic rings. The quantitative estimate of drug-likeness (QED) is 0.647. The standard InChI is InChI=1S/C16H15NO5/c1-21-12-5-6-13(15(8-12)22-2)14(18)10-17-7-3-4-11(9-17)16(19)20/h3-9H,10H2,1-2H3/p+1. The molecular weight excluding hydrogens is 286 g/mol. The molecule has 22 heavy (non-hydrogen) atoms. The zero-order valence-corrected chi connectivity index (χ0v) is 12.3. The van der Waals surface area contributed by atoms with Crippen LogP contribution in [0.1, 0.15) is 20.7 Å². The number of ether oxygens (including phenoxy) is 2. The Hall–Kier alpha value is -2.89. The first-order valence-electron chi connectivity index (χ1n) is 6.52. The number of carboxylic acid groups (broad SMARTS) is 1. The lowest BCUT2D eigenvalue weighted by atomic mass is 10.1. The maximum absolute atomic E-state index is 12.4. The van der Waals surface area contributed by atoms with Crippen molar-refractivity contribution in [1.29, 1.82) is 0 Å². The van der Waals surface area contributed by atoms with E-state index in [0.29, 0.717) is 17.1 Å². The third-order valence-corrected chi connectivity index (χ3v) is 3.14. The van der Waals surface area contributed by atoms with Gasteiger partial charge in [-0.05, 0) is 18.2 Å². The first-order chi connectivity index (χ1) is 10.5. The molecule has 2 rings (SSSR count). The summed E-state index contributed by atoms with van der Waals surface area (Å²) in [7, 11) is 3.01. The number of methoxy groups -OCH3 is 2. The van der Waals surface area contributed by atoms with Crippen LogP contribution < -0.4 is 14.0 Å². The molecule has 1 aromatic heterocycles. The lowest BCUT2D eigenvalue weighted by molar-refractivity contribution is -0.683. The van der Waals surface area contributed by atoms with Crippen molar-refractivity contribution in [2.24, 2.45) is 0 Å². The van der Waals surface area contributed by atoms with Gasteiger partial charge in [0.15, 0.2) is 12.4 Å². The van der Waals surface area contributed by atoms with Gasteiger partial charge in [0.05, 0.1) is 19.8 Å². The second kappa shape index (κ2) is 6.71. The SMILES string of the molecule is COc1ccc(C(=O)C[n+]2cccc(C(=O)O)c2)c(OC)c1. The van der Waals surface area contributed by atoms with E-state index in [1.807, 2.05) is 0 Å². The number of rotatable bonds is 6. The Balaban J connectivity index is 2.25. The average molecular weight is 302 g/mol. The maximum atomic E-state index is 12.4. The number of pyridine rings is 1. The van der Waals surface area contributed by atoms with Crippen LogP contribution in [0.3, 0.4) is 0 Å². The van der Waals surface area contributed by atoms with Gasteiger partial charge in [0.2, 0.25) is 12.3 Å². The van der Waals surface area contributed by atoms with Gasteiger partial charge < -0.3 is 14.6 Å². The summed E-state index contributed by atoms with van der Waals surface area (Å²) in [6, 6.07) is 7.99. The third kappa shape index (κ3) is 3.41. The van der Waals surface area contributed by atoms with Gasteiger partial charge in [-0.1, -0.05) is 0 Å². The predicted octanol–water partition coefficient (Wildman–Crippen LogP) is 1.57. The summed E-state index contributed by atoms with van der Waals surface area (Å²) in [4.78, 5) is 23.3. The monoisotopic (exact) mass is 302 g/mol. The van der Waals surface area contributed by atoms with Crippen LogP contribution in [-0.2, 0) is 6.54 Å². The number of carbonyl (C=O) groups excluding carboxylic acids is 1. The van der Waals surface area contributed by atoms with Crippen LogP contribution in [0.25, 0.3) is 0 Å². The number of hydrogen-bond donors (Lipinski definition) is 1. The molecule has 1 N–H and O–H groups in total. The molecule has 0 unspecified atom stereocenters. The van der Waals surface area contributed by atoms with Crippen molar-refractivity contribution in [2.45, 2.75) is 6.54 Å². The van der Waals surface area contributed by atoms with Crippen LogP contribution >= 0.6 is 0 Å². The molecule has 1 heterocycles. The number of ketones is 1. The fraction of sp³-hybridized carbons (Fsp3) is 0.188. The molecule has 0 bridgehead atoms. The first kappa shape index (κ1) is 15.5. The van der Waals surface area contributed by atoms with Gasteiger partial charge in [-0.15, -0.1) is 0 Å². The summed E-state index contributed by atoms with van der Waals surface area (Å²) in [5.41, 5.74) is 0.536. The molecule has 0 atom stereocenters. The normalized spacial score (nSPS) is 10.1. The highest BCUT2D eigenvalue weighted by Crippen LogP contribution is 2.24. The highest BCUT2D eigenvalue weighted by Gasteiger charge is 2.18. The summed E-state index contributed by atoms with van der Waals surface area (Å²) < 4.78 is 11.8. The lowest BCUT2D eigenvalue weighted by Crippen LogP contribution is -2.38. The van der Waals surface area contributed by atoms with Crippen LogP contribution in [0.4, 0.5) is 0 Å². The van der Waals surface area contributed by atoms with E-state index in [1.54, 1.807) is 30.5 Å². The van der Waals surface area contributed by atoms with Gasteiger partial charge in [-0.3, -0.25) is 4.79 Å². The summed E-state index contributed by atoms with van der Waals surface area (Å²) in [5.74, 6) is -0.218. The highest BCUT2D eigenvalue weighted by atomic mass is 16.5. The number of benzene rings is 1. The van der Waals surface area contributed by atoms with Crippen molar-refractivity contribution in [2.75, 3.05) is 14.2 Å². The van der Waals surface area contributed by atoms with E-state index in [2.05, 4.69) is 0 Å². The molecule has 0 fully saturated rings. The predicted molar refractivity (Wildman–Crippen MR) is 77.5 cm³/mol. The minimum atomic E-state index is -1.04. The largest absolute Gasteiger partial charge is 0.497 e. The smallest absolute Gasteiger partial charge is 0.341 e. The van der Waals surface area contributed by atoms with E-state index in [9.17, 15) is 9.59 Å². The van der Waals surface area contributed by atoms with E-state index in [1.165, 1.54) is 31.0 Å². The molecule has 0 aliphatic heterocycles. The van der Waals surface area contributed by atoms with Crippen molar-refractivity contribution >= 4 is 11.8 Å². The van der Waals surface area contributed by atoms with E-state index in [-0.39, 0.29) is 17.9 Å². The molecule has 0 saturated carbocycles. The summed E-state index contributed by atoms with van der Waals surface area (Å²) >= 11 is 0. The molecule has 0 amide bonds. The molecule has 2 aromatic rings. The van der Waals surface area contributed by atoms with E-state index in [4.69, 9.17) is 14.6 Å². The van der Waals surface area contributed by atoms with E-state index in [0.717, 1.165) is 0 Å². The minimum absolute atomic E-state index is 0.0177. The van der Waals surface area contributed by atoms with Crippen molar-refractivity contribution in [3.8, 4) is 11.5 Å². The van der Waals surface area contributed by atoms with Gasteiger partial charge in [-0.2, -0.15) is 4.57 Å². The topological polar surface area (TPSA) is 76.7 Å². The Morgan fingerprint density at radius 2 is 1.95 bits per heavy atom. The molecule has 0 aliphatic carbocycles. The third-order valence-electron chi connectivity index (χ3n) is 3.14.